The number of benzene rings is 1. The van der Waals surface area contributed by atoms with E-state index < -0.39 is 10.0 Å². The van der Waals surface area contributed by atoms with Crippen LogP contribution >= 0.6 is 0 Å². The van der Waals surface area contributed by atoms with E-state index in [-0.39, 0.29) is 17.2 Å². The van der Waals surface area contributed by atoms with Gasteiger partial charge in [0.1, 0.15) is 4.90 Å². The minimum Gasteiger partial charge on any atom is -0.398 e. The van der Waals surface area contributed by atoms with Gasteiger partial charge >= 0.3 is 0 Å². The molecule has 0 heterocycles. The highest BCUT2D eigenvalue weighted by Crippen LogP contribution is 2.31. The summed E-state index contributed by atoms with van der Waals surface area (Å²) in [6, 6.07) is 4.85. The van der Waals surface area contributed by atoms with Crippen LogP contribution in [0, 0.1) is 11.8 Å². The Morgan fingerprint density at radius 2 is 2.05 bits per heavy atom. The third-order valence-electron chi connectivity index (χ3n) is 4.19. The summed E-state index contributed by atoms with van der Waals surface area (Å²) in [5.74, 6) is 0.815. The third kappa shape index (κ3) is 3.66. The molecular formula is C14H23N3O3S. The number of nitrogens with one attached hydrogen (secondary N) is 2. The van der Waals surface area contributed by atoms with Crippen molar-refractivity contribution in [3.8, 4) is 0 Å². The first-order valence-electron chi connectivity index (χ1n) is 7.15. The molecule has 5 N–H and O–H groups in total. The van der Waals surface area contributed by atoms with Crippen LogP contribution in [0.4, 0.5) is 11.4 Å². The first kappa shape index (κ1) is 16.1. The van der Waals surface area contributed by atoms with Crippen LogP contribution in [0.1, 0.15) is 19.3 Å². The average Bonchev–Trinajstić information content (AvgIpc) is 2.92. The van der Waals surface area contributed by atoms with E-state index in [4.69, 9.17) is 5.73 Å². The Labute approximate surface area is 125 Å². The molecule has 21 heavy (non-hydrogen) atoms. The van der Waals surface area contributed by atoms with Crippen LogP contribution in [-0.4, -0.2) is 33.7 Å². The number of aliphatic hydroxyl groups excluding tert-OH is 1. The number of aliphatic hydroxyl groups is 1. The van der Waals surface area contributed by atoms with Crippen molar-refractivity contribution in [2.24, 2.45) is 11.8 Å². The molecule has 0 aromatic heterocycles. The molecule has 6 nitrogen and oxygen atoms in total. The first-order chi connectivity index (χ1) is 9.97. The summed E-state index contributed by atoms with van der Waals surface area (Å²) in [6.45, 7) is 0.997. The zero-order valence-corrected chi connectivity index (χ0v) is 13.0. The molecule has 1 aromatic carbocycles. The predicted molar refractivity (Wildman–Crippen MR) is 83.5 cm³/mol. The fourth-order valence-electron chi connectivity index (χ4n) is 2.88. The molecule has 2 atom stereocenters. The SMILES string of the molecule is CNS(=O)(=O)c1ccc(NCC2CCCC2CO)cc1N. The first-order valence-corrected chi connectivity index (χ1v) is 8.64. The second-order valence-electron chi connectivity index (χ2n) is 5.47. The van der Waals surface area contributed by atoms with Crippen molar-refractivity contribution in [3.63, 3.8) is 0 Å². The van der Waals surface area contributed by atoms with E-state index in [1.807, 2.05) is 0 Å². The van der Waals surface area contributed by atoms with Crippen LogP contribution in [0.2, 0.25) is 0 Å². The van der Waals surface area contributed by atoms with Gasteiger partial charge in [-0.25, -0.2) is 13.1 Å². The summed E-state index contributed by atoms with van der Waals surface area (Å²) in [6.07, 6.45) is 3.34. The van der Waals surface area contributed by atoms with Gasteiger partial charge < -0.3 is 16.2 Å². The third-order valence-corrected chi connectivity index (χ3v) is 5.68. The standard InChI is InChI=1S/C14H23N3O3S/c1-16-21(19,20)14-6-5-12(7-13(14)15)17-8-10-3-2-4-11(10)9-18/h5-7,10-11,16-18H,2-4,8-9,15H2,1H3. The Bertz CT molecular complexity index is 589. The van der Waals surface area contributed by atoms with E-state index in [1.54, 1.807) is 12.1 Å². The summed E-state index contributed by atoms with van der Waals surface area (Å²) in [5.41, 5.74) is 6.84. The van der Waals surface area contributed by atoms with Crippen LogP contribution in [0.15, 0.2) is 23.1 Å². The van der Waals surface area contributed by atoms with Gasteiger partial charge in [0.15, 0.2) is 0 Å². The number of hydrogen-bond donors (Lipinski definition) is 4. The van der Waals surface area contributed by atoms with E-state index in [2.05, 4.69) is 10.0 Å². The largest absolute Gasteiger partial charge is 0.398 e. The number of nitrogens with two attached hydrogens (primary N) is 1. The highest BCUT2D eigenvalue weighted by molar-refractivity contribution is 7.89. The van der Waals surface area contributed by atoms with Crippen LogP contribution in [-0.2, 0) is 10.0 Å². The maximum atomic E-state index is 11.7. The second kappa shape index (κ2) is 6.64. The van der Waals surface area contributed by atoms with E-state index >= 15 is 0 Å². The topological polar surface area (TPSA) is 104 Å². The summed E-state index contributed by atoms with van der Waals surface area (Å²) < 4.78 is 25.7. The van der Waals surface area contributed by atoms with Gasteiger partial charge in [-0.2, -0.15) is 0 Å². The molecule has 1 aliphatic rings. The van der Waals surface area contributed by atoms with E-state index in [0.717, 1.165) is 31.5 Å². The fraction of sp³-hybridized carbons (Fsp3) is 0.571. The molecule has 2 unspecified atom stereocenters. The lowest BCUT2D eigenvalue weighted by atomic mass is 9.97. The lowest BCUT2D eigenvalue weighted by Gasteiger charge is -2.19. The Morgan fingerprint density at radius 1 is 1.33 bits per heavy atom. The minimum absolute atomic E-state index is 0.0876. The summed E-state index contributed by atoms with van der Waals surface area (Å²) in [5, 5.41) is 12.6. The molecular weight excluding hydrogens is 290 g/mol. The van der Waals surface area contributed by atoms with Crippen LogP contribution in [0.3, 0.4) is 0 Å². The van der Waals surface area contributed by atoms with Crippen molar-refractivity contribution < 1.29 is 13.5 Å². The van der Waals surface area contributed by atoms with E-state index in [9.17, 15) is 13.5 Å². The Hall–Kier alpha value is -1.31. The maximum absolute atomic E-state index is 11.7. The Morgan fingerprint density at radius 3 is 2.67 bits per heavy atom. The van der Waals surface area contributed by atoms with Gasteiger partial charge in [0.2, 0.25) is 10.0 Å². The minimum atomic E-state index is -3.52. The van der Waals surface area contributed by atoms with Crippen LogP contribution in [0.25, 0.3) is 0 Å². The van der Waals surface area contributed by atoms with Gasteiger partial charge in [-0.3, -0.25) is 0 Å². The number of anilines is 2. The summed E-state index contributed by atoms with van der Waals surface area (Å²) in [7, 11) is -2.17. The molecule has 0 bridgehead atoms. The van der Waals surface area contributed by atoms with Gasteiger partial charge in [-0.05, 0) is 49.9 Å². The average molecular weight is 313 g/mol. The molecule has 0 spiro atoms. The molecule has 1 aliphatic carbocycles. The van der Waals surface area contributed by atoms with Crippen molar-refractivity contribution in [2.45, 2.75) is 24.2 Å². The lowest BCUT2D eigenvalue weighted by molar-refractivity contribution is 0.199. The Balaban J connectivity index is 2.04. The Kier molecular flexibility index (Phi) is 5.08. The zero-order valence-electron chi connectivity index (χ0n) is 12.2. The lowest BCUT2D eigenvalue weighted by Crippen LogP contribution is -2.21. The van der Waals surface area contributed by atoms with Crippen molar-refractivity contribution in [1.82, 2.24) is 4.72 Å². The van der Waals surface area contributed by atoms with E-state index in [0.29, 0.717) is 11.8 Å². The molecule has 1 saturated carbocycles. The quantitative estimate of drug-likeness (QED) is 0.586. The van der Waals surface area contributed by atoms with Crippen LogP contribution < -0.4 is 15.8 Å². The molecule has 0 aliphatic heterocycles. The predicted octanol–water partition coefficient (Wildman–Crippen LogP) is 0.997. The zero-order chi connectivity index (χ0) is 15.5. The molecule has 1 fully saturated rings. The summed E-state index contributed by atoms with van der Waals surface area (Å²) in [4.78, 5) is 0.0876. The monoisotopic (exact) mass is 313 g/mol. The smallest absolute Gasteiger partial charge is 0.242 e. The van der Waals surface area contributed by atoms with Crippen molar-refractivity contribution >= 4 is 21.4 Å². The number of sulfonamides is 1. The molecule has 0 saturated heterocycles. The highest BCUT2D eigenvalue weighted by Gasteiger charge is 2.26. The summed E-state index contributed by atoms with van der Waals surface area (Å²) >= 11 is 0. The van der Waals surface area contributed by atoms with Gasteiger partial charge in [0.25, 0.3) is 0 Å². The molecule has 7 heteroatoms. The number of hydrogen-bond acceptors (Lipinski definition) is 5. The van der Waals surface area contributed by atoms with Crippen LogP contribution in [0.5, 0.6) is 0 Å². The molecule has 0 radical (unpaired) electrons. The van der Waals surface area contributed by atoms with Crippen molar-refractivity contribution in [3.05, 3.63) is 18.2 Å². The molecule has 0 amide bonds. The van der Waals surface area contributed by atoms with Crippen molar-refractivity contribution in [1.29, 1.82) is 0 Å². The van der Waals surface area contributed by atoms with Gasteiger partial charge in [-0.1, -0.05) is 6.42 Å². The maximum Gasteiger partial charge on any atom is 0.242 e. The van der Waals surface area contributed by atoms with E-state index in [1.165, 1.54) is 13.1 Å². The second-order valence-corrected chi connectivity index (χ2v) is 7.33. The van der Waals surface area contributed by atoms with Crippen molar-refractivity contribution in [2.75, 3.05) is 31.2 Å². The van der Waals surface area contributed by atoms with Gasteiger partial charge in [0.05, 0.1) is 5.69 Å². The normalized spacial score (nSPS) is 22.4. The fourth-order valence-corrected chi connectivity index (χ4v) is 3.72. The highest BCUT2D eigenvalue weighted by atomic mass is 32.2. The number of nitrogen functional groups attached to an aromatic ring is 1. The molecule has 118 valence electrons. The molecule has 1 aromatic rings. The number of rotatable bonds is 6. The van der Waals surface area contributed by atoms with Gasteiger partial charge in [0, 0.05) is 18.8 Å². The molecule has 2 rings (SSSR count). The van der Waals surface area contributed by atoms with Gasteiger partial charge in [-0.15, -0.1) is 0 Å².